The number of Topliss-reactive ketones (excluding diaryl/α,β-unsaturated/α-hetero) is 1. The quantitative estimate of drug-likeness (QED) is 0.601. The molecule has 0 aliphatic heterocycles. The van der Waals surface area contributed by atoms with Crippen molar-refractivity contribution in [1.29, 1.82) is 0 Å². The second kappa shape index (κ2) is 8.52. The van der Waals surface area contributed by atoms with E-state index < -0.39 is 0 Å². The summed E-state index contributed by atoms with van der Waals surface area (Å²) in [6.45, 7) is 1.78. The van der Waals surface area contributed by atoms with Gasteiger partial charge in [0.25, 0.3) is 5.91 Å². The minimum Gasteiger partial charge on any atom is -0.485 e. The Bertz CT molecular complexity index is 967. The van der Waals surface area contributed by atoms with E-state index in [-0.39, 0.29) is 18.3 Å². The minimum atomic E-state index is -0.296. The van der Waals surface area contributed by atoms with Crippen molar-refractivity contribution < 1.29 is 14.3 Å². The highest BCUT2D eigenvalue weighted by atomic mass is 35.5. The zero-order valence-corrected chi connectivity index (χ0v) is 15.5. The Hall–Kier alpha value is -3.11. The van der Waals surface area contributed by atoms with Crippen molar-refractivity contribution >= 4 is 29.0 Å². The summed E-state index contributed by atoms with van der Waals surface area (Å²) in [5.41, 5.74) is 2.61. The van der Waals surface area contributed by atoms with Crippen LogP contribution in [-0.2, 0) is 0 Å². The van der Waals surface area contributed by atoms with E-state index in [9.17, 15) is 9.59 Å². The minimum absolute atomic E-state index is 0.170. The van der Waals surface area contributed by atoms with Gasteiger partial charge in [-0.2, -0.15) is 0 Å². The molecule has 0 radical (unpaired) electrons. The van der Waals surface area contributed by atoms with Crippen molar-refractivity contribution in [2.24, 2.45) is 0 Å². The van der Waals surface area contributed by atoms with Crippen molar-refractivity contribution in [3.63, 3.8) is 0 Å². The molecule has 4 nitrogen and oxygen atoms in total. The van der Waals surface area contributed by atoms with Gasteiger partial charge in [0.2, 0.25) is 0 Å². The van der Waals surface area contributed by atoms with E-state index in [1.807, 2.05) is 31.2 Å². The molecule has 0 spiro atoms. The topological polar surface area (TPSA) is 55.4 Å². The van der Waals surface area contributed by atoms with Crippen molar-refractivity contribution in [1.82, 2.24) is 0 Å². The molecular weight excluding hydrogens is 362 g/mol. The number of carbonyl (C=O) groups excluding carboxylic acids is 2. The summed E-state index contributed by atoms with van der Waals surface area (Å²) in [4.78, 5) is 24.9. The summed E-state index contributed by atoms with van der Waals surface area (Å²) < 4.78 is 5.62. The molecule has 1 amide bonds. The highest BCUT2D eigenvalue weighted by molar-refractivity contribution is 6.30. The fraction of sp³-hybridized carbons (Fsp3) is 0.0909. The van der Waals surface area contributed by atoms with Crippen LogP contribution in [0.5, 0.6) is 5.75 Å². The second-order valence-corrected chi connectivity index (χ2v) is 6.47. The van der Waals surface area contributed by atoms with Crippen LogP contribution in [0, 0.1) is 6.92 Å². The number of halogens is 1. The molecule has 1 N–H and O–H groups in total. The molecule has 0 fully saturated rings. The van der Waals surface area contributed by atoms with Gasteiger partial charge in [-0.15, -0.1) is 0 Å². The van der Waals surface area contributed by atoms with Gasteiger partial charge < -0.3 is 10.1 Å². The first-order chi connectivity index (χ1) is 13.0. The van der Waals surface area contributed by atoms with Crippen LogP contribution < -0.4 is 10.1 Å². The Morgan fingerprint density at radius 3 is 2.44 bits per heavy atom. The molecule has 5 heteroatoms. The van der Waals surface area contributed by atoms with Gasteiger partial charge in [0.05, 0.1) is 5.56 Å². The number of nitrogens with one attached hydrogen (secondary N) is 1. The van der Waals surface area contributed by atoms with Crippen molar-refractivity contribution in [2.45, 2.75) is 6.92 Å². The number of ketones is 1. The maximum Gasteiger partial charge on any atom is 0.259 e. The van der Waals surface area contributed by atoms with E-state index in [0.717, 1.165) is 5.56 Å². The molecule has 0 atom stereocenters. The number of para-hydroxylation sites is 1. The maximum atomic E-state index is 12.6. The number of benzene rings is 3. The van der Waals surface area contributed by atoms with Crippen molar-refractivity contribution in [3.05, 3.63) is 94.5 Å². The van der Waals surface area contributed by atoms with Gasteiger partial charge in [0.1, 0.15) is 5.75 Å². The molecule has 27 heavy (non-hydrogen) atoms. The zero-order chi connectivity index (χ0) is 19.2. The summed E-state index contributed by atoms with van der Waals surface area (Å²) in [6.07, 6.45) is 0. The summed E-state index contributed by atoms with van der Waals surface area (Å²) >= 11 is 5.83. The fourth-order valence-corrected chi connectivity index (χ4v) is 2.69. The number of hydrogen-bond acceptors (Lipinski definition) is 3. The van der Waals surface area contributed by atoms with Crippen LogP contribution in [0.2, 0.25) is 5.02 Å². The summed E-state index contributed by atoms with van der Waals surface area (Å²) in [5, 5.41) is 3.41. The maximum absolute atomic E-state index is 12.6. The number of amides is 1. The monoisotopic (exact) mass is 379 g/mol. The van der Waals surface area contributed by atoms with Gasteiger partial charge in [-0.25, -0.2) is 0 Å². The third kappa shape index (κ3) is 4.96. The molecule has 0 saturated carbocycles. The molecule has 0 unspecified atom stereocenters. The molecule has 0 bridgehead atoms. The van der Waals surface area contributed by atoms with E-state index >= 15 is 0 Å². The van der Waals surface area contributed by atoms with Gasteiger partial charge in [-0.05, 0) is 61.0 Å². The van der Waals surface area contributed by atoms with Crippen LogP contribution in [0.1, 0.15) is 26.3 Å². The number of rotatable bonds is 6. The number of ether oxygens (including phenoxy) is 1. The van der Waals surface area contributed by atoms with Gasteiger partial charge >= 0.3 is 0 Å². The third-order valence-corrected chi connectivity index (χ3v) is 4.18. The lowest BCUT2D eigenvalue weighted by Crippen LogP contribution is -2.16. The van der Waals surface area contributed by atoms with E-state index in [0.29, 0.717) is 27.6 Å². The Balaban J connectivity index is 1.70. The standard InChI is InChI=1S/C22H18ClNO3/c1-15-5-4-6-18(13-15)24-22(26)19-7-2-3-8-21(19)27-14-20(25)16-9-11-17(23)12-10-16/h2-13H,14H2,1H3,(H,24,26). The number of carbonyl (C=O) groups is 2. The Morgan fingerprint density at radius 1 is 0.963 bits per heavy atom. The van der Waals surface area contributed by atoms with Crippen molar-refractivity contribution in [2.75, 3.05) is 11.9 Å². The second-order valence-electron chi connectivity index (χ2n) is 6.04. The number of hydrogen-bond donors (Lipinski definition) is 1. The molecule has 3 aromatic rings. The van der Waals surface area contributed by atoms with Gasteiger partial charge in [0.15, 0.2) is 12.4 Å². The molecule has 3 aromatic carbocycles. The van der Waals surface area contributed by atoms with Crippen LogP contribution in [-0.4, -0.2) is 18.3 Å². The fourth-order valence-electron chi connectivity index (χ4n) is 2.56. The first-order valence-electron chi connectivity index (χ1n) is 8.41. The van der Waals surface area contributed by atoms with E-state index in [2.05, 4.69) is 5.32 Å². The molecule has 0 saturated heterocycles. The smallest absolute Gasteiger partial charge is 0.259 e. The van der Waals surface area contributed by atoms with Crippen LogP contribution >= 0.6 is 11.6 Å². The molecule has 0 aromatic heterocycles. The molecular formula is C22H18ClNO3. The largest absolute Gasteiger partial charge is 0.485 e. The van der Waals surface area contributed by atoms with Gasteiger partial charge in [0, 0.05) is 16.3 Å². The molecule has 0 heterocycles. The van der Waals surface area contributed by atoms with Crippen LogP contribution in [0.15, 0.2) is 72.8 Å². The highest BCUT2D eigenvalue weighted by Gasteiger charge is 2.14. The normalized spacial score (nSPS) is 10.3. The lowest BCUT2D eigenvalue weighted by atomic mass is 10.1. The van der Waals surface area contributed by atoms with Crippen LogP contribution in [0.25, 0.3) is 0 Å². The Kier molecular flexibility index (Phi) is 5.89. The predicted molar refractivity (Wildman–Crippen MR) is 107 cm³/mol. The Morgan fingerprint density at radius 2 is 1.70 bits per heavy atom. The SMILES string of the molecule is Cc1cccc(NC(=O)c2ccccc2OCC(=O)c2ccc(Cl)cc2)c1. The third-order valence-electron chi connectivity index (χ3n) is 3.93. The van der Waals surface area contributed by atoms with Gasteiger partial charge in [-0.1, -0.05) is 35.9 Å². The summed E-state index contributed by atoms with van der Waals surface area (Å²) in [7, 11) is 0. The number of anilines is 1. The van der Waals surface area contributed by atoms with E-state index in [1.165, 1.54) is 0 Å². The molecule has 3 rings (SSSR count). The molecule has 0 aliphatic rings. The average Bonchev–Trinajstić information content (AvgIpc) is 2.67. The Labute approximate surface area is 162 Å². The van der Waals surface area contributed by atoms with Crippen molar-refractivity contribution in [3.8, 4) is 5.75 Å². The highest BCUT2D eigenvalue weighted by Crippen LogP contribution is 2.21. The summed E-state index contributed by atoms with van der Waals surface area (Å²) in [5.74, 6) is -0.138. The van der Waals surface area contributed by atoms with Gasteiger partial charge in [-0.3, -0.25) is 9.59 Å². The first-order valence-corrected chi connectivity index (χ1v) is 8.79. The summed E-state index contributed by atoms with van der Waals surface area (Å²) in [6, 6.07) is 20.9. The first kappa shape index (κ1) is 18.7. The predicted octanol–water partition coefficient (Wildman–Crippen LogP) is 5.16. The zero-order valence-electron chi connectivity index (χ0n) is 14.7. The molecule has 0 aliphatic carbocycles. The lowest BCUT2D eigenvalue weighted by Gasteiger charge is -2.12. The van der Waals surface area contributed by atoms with Crippen LogP contribution in [0.3, 0.4) is 0 Å². The van der Waals surface area contributed by atoms with E-state index in [1.54, 1.807) is 48.5 Å². The molecule has 136 valence electrons. The number of aryl methyl sites for hydroxylation is 1. The lowest BCUT2D eigenvalue weighted by molar-refractivity contribution is 0.0914. The van der Waals surface area contributed by atoms with Crippen LogP contribution in [0.4, 0.5) is 5.69 Å². The average molecular weight is 380 g/mol. The van der Waals surface area contributed by atoms with E-state index in [4.69, 9.17) is 16.3 Å².